The highest BCUT2D eigenvalue weighted by molar-refractivity contribution is 5.92. The van der Waals surface area contributed by atoms with Gasteiger partial charge in [0.25, 0.3) is 5.91 Å². The van der Waals surface area contributed by atoms with Crippen molar-refractivity contribution in [2.24, 2.45) is 0 Å². The highest BCUT2D eigenvalue weighted by Gasteiger charge is 2.35. The fourth-order valence-corrected chi connectivity index (χ4v) is 2.24. The molecule has 7 heteroatoms. The Morgan fingerprint density at radius 3 is 2.38 bits per heavy atom. The van der Waals surface area contributed by atoms with Crippen LogP contribution < -0.4 is 0 Å². The third-order valence-corrected chi connectivity index (χ3v) is 3.35. The predicted octanol–water partition coefficient (Wildman–Crippen LogP) is 3.15. The van der Waals surface area contributed by atoms with E-state index in [0.29, 0.717) is 10.8 Å². The lowest BCUT2D eigenvalue weighted by Gasteiger charge is -2.22. The second-order valence-corrected chi connectivity index (χ2v) is 6.59. The first-order valence-electron chi connectivity index (χ1n) is 6.92. The van der Waals surface area contributed by atoms with Gasteiger partial charge < -0.3 is 4.90 Å². The molecule has 1 amide bonds. The summed E-state index contributed by atoms with van der Waals surface area (Å²) in [4.78, 5) is 12.8. The monoisotopic (exact) mass is 303 g/mol. The maximum Gasteiger partial charge on any atom is 0.406 e. The molecule has 4 nitrogen and oxygen atoms in total. The molecule has 1 saturated carbocycles. The standard InChI is InChI=1S/C14H20F3N3O/c1-13(2,3)20-11(9-5-6-9)7-10(18-20)12(21)19(4)8-14(15,16)17/h7,9H,5-6,8H2,1-4H3. The predicted molar refractivity (Wildman–Crippen MR) is 72.2 cm³/mol. The van der Waals surface area contributed by atoms with Crippen LogP contribution in [0.1, 0.15) is 55.7 Å². The molecular formula is C14H20F3N3O. The molecule has 0 aliphatic heterocycles. The lowest BCUT2D eigenvalue weighted by Crippen LogP contribution is -2.36. The highest BCUT2D eigenvalue weighted by atomic mass is 19.4. The van der Waals surface area contributed by atoms with Crippen LogP contribution in [0.3, 0.4) is 0 Å². The second-order valence-electron chi connectivity index (χ2n) is 6.59. The largest absolute Gasteiger partial charge is 0.406 e. The van der Waals surface area contributed by atoms with E-state index < -0.39 is 18.6 Å². The minimum absolute atomic E-state index is 0.0820. The van der Waals surface area contributed by atoms with Gasteiger partial charge in [0.1, 0.15) is 6.54 Å². The molecule has 0 spiro atoms. The van der Waals surface area contributed by atoms with Crippen molar-refractivity contribution in [2.45, 2.75) is 51.2 Å². The van der Waals surface area contributed by atoms with Gasteiger partial charge in [0.05, 0.1) is 5.54 Å². The summed E-state index contributed by atoms with van der Waals surface area (Å²) in [6, 6.07) is 1.64. The third-order valence-electron chi connectivity index (χ3n) is 3.35. The van der Waals surface area contributed by atoms with Crippen LogP contribution in [0.2, 0.25) is 0 Å². The van der Waals surface area contributed by atoms with E-state index in [0.717, 1.165) is 25.6 Å². The van der Waals surface area contributed by atoms with E-state index in [-0.39, 0.29) is 11.2 Å². The van der Waals surface area contributed by atoms with Gasteiger partial charge in [-0.2, -0.15) is 18.3 Å². The minimum Gasteiger partial charge on any atom is -0.331 e. The summed E-state index contributed by atoms with van der Waals surface area (Å²) < 4.78 is 38.9. The second kappa shape index (κ2) is 5.03. The lowest BCUT2D eigenvalue weighted by atomic mass is 10.1. The molecule has 0 atom stereocenters. The Morgan fingerprint density at radius 2 is 1.95 bits per heavy atom. The highest BCUT2D eigenvalue weighted by Crippen LogP contribution is 2.41. The molecule has 1 aliphatic carbocycles. The third kappa shape index (κ3) is 3.77. The summed E-state index contributed by atoms with van der Waals surface area (Å²) >= 11 is 0. The van der Waals surface area contributed by atoms with Gasteiger partial charge in [0, 0.05) is 18.7 Å². The molecule has 1 aliphatic rings. The van der Waals surface area contributed by atoms with Crippen molar-refractivity contribution >= 4 is 5.91 Å². The molecule has 2 rings (SSSR count). The van der Waals surface area contributed by atoms with E-state index in [1.807, 2.05) is 20.8 Å². The molecule has 1 aromatic rings. The number of hydrogen-bond acceptors (Lipinski definition) is 2. The van der Waals surface area contributed by atoms with Crippen LogP contribution in [0.15, 0.2) is 6.07 Å². The van der Waals surface area contributed by atoms with Crippen molar-refractivity contribution in [3.05, 3.63) is 17.5 Å². The average molecular weight is 303 g/mol. The van der Waals surface area contributed by atoms with Crippen LogP contribution in [-0.4, -0.2) is 40.4 Å². The summed E-state index contributed by atoms with van der Waals surface area (Å²) in [7, 11) is 1.14. The Hall–Kier alpha value is -1.53. The molecule has 0 unspecified atom stereocenters. The lowest BCUT2D eigenvalue weighted by molar-refractivity contribution is -0.138. The number of carbonyl (C=O) groups is 1. The van der Waals surface area contributed by atoms with Gasteiger partial charge in [-0.3, -0.25) is 9.48 Å². The number of carbonyl (C=O) groups excluding carboxylic acids is 1. The molecule has 0 bridgehead atoms. The quantitative estimate of drug-likeness (QED) is 0.860. The summed E-state index contributed by atoms with van der Waals surface area (Å²) in [6.07, 6.45) is -2.34. The Kier molecular flexibility index (Phi) is 3.80. The Bertz CT molecular complexity index is 539. The Labute approximate surface area is 121 Å². The van der Waals surface area contributed by atoms with E-state index in [1.54, 1.807) is 10.7 Å². The van der Waals surface area contributed by atoms with E-state index in [1.165, 1.54) is 0 Å². The first-order chi connectivity index (χ1) is 9.49. The zero-order chi connectivity index (χ0) is 16.0. The number of amides is 1. The molecule has 1 heterocycles. The van der Waals surface area contributed by atoms with E-state index >= 15 is 0 Å². The van der Waals surface area contributed by atoms with Gasteiger partial charge in [-0.25, -0.2) is 0 Å². The molecule has 1 fully saturated rings. The van der Waals surface area contributed by atoms with Gasteiger partial charge in [0.2, 0.25) is 0 Å². The maximum atomic E-state index is 12.4. The van der Waals surface area contributed by atoms with Crippen LogP contribution >= 0.6 is 0 Å². The van der Waals surface area contributed by atoms with Crippen molar-refractivity contribution in [3.63, 3.8) is 0 Å². The number of halogens is 3. The molecule has 0 aromatic carbocycles. The summed E-state index contributed by atoms with van der Waals surface area (Å²) in [5.41, 5.74) is 0.712. The first kappa shape index (κ1) is 15.9. The maximum absolute atomic E-state index is 12.4. The number of nitrogens with zero attached hydrogens (tertiary/aromatic N) is 3. The Balaban J connectivity index is 2.26. The van der Waals surface area contributed by atoms with Crippen molar-refractivity contribution in [3.8, 4) is 0 Å². The van der Waals surface area contributed by atoms with Crippen LogP contribution in [0.4, 0.5) is 13.2 Å². The summed E-state index contributed by atoms with van der Waals surface area (Å²) in [6.45, 7) is 4.60. The molecular weight excluding hydrogens is 283 g/mol. The molecule has 0 saturated heterocycles. The number of hydrogen-bond donors (Lipinski definition) is 0. The SMILES string of the molecule is CN(CC(F)(F)F)C(=O)c1cc(C2CC2)n(C(C)(C)C)n1. The van der Waals surface area contributed by atoms with Gasteiger partial charge in [0.15, 0.2) is 5.69 Å². The van der Waals surface area contributed by atoms with Crippen LogP contribution in [0.25, 0.3) is 0 Å². The zero-order valence-electron chi connectivity index (χ0n) is 12.7. The normalized spacial score (nSPS) is 16.1. The van der Waals surface area contributed by atoms with Gasteiger partial charge in [-0.05, 0) is 39.7 Å². The van der Waals surface area contributed by atoms with Crippen LogP contribution in [-0.2, 0) is 5.54 Å². The van der Waals surface area contributed by atoms with E-state index in [2.05, 4.69) is 5.10 Å². The van der Waals surface area contributed by atoms with E-state index in [9.17, 15) is 18.0 Å². The van der Waals surface area contributed by atoms with E-state index in [4.69, 9.17) is 0 Å². The van der Waals surface area contributed by atoms with Crippen molar-refractivity contribution < 1.29 is 18.0 Å². The van der Waals surface area contributed by atoms with Gasteiger partial charge in [-0.1, -0.05) is 0 Å². The first-order valence-corrected chi connectivity index (χ1v) is 6.92. The molecule has 1 aromatic heterocycles. The van der Waals surface area contributed by atoms with Crippen molar-refractivity contribution in [1.29, 1.82) is 0 Å². The number of rotatable bonds is 3. The number of aromatic nitrogens is 2. The fraction of sp³-hybridized carbons (Fsp3) is 0.714. The molecule has 0 N–H and O–H groups in total. The molecule has 0 radical (unpaired) electrons. The summed E-state index contributed by atoms with van der Waals surface area (Å²) in [5, 5.41) is 4.25. The van der Waals surface area contributed by atoms with Crippen molar-refractivity contribution in [1.82, 2.24) is 14.7 Å². The smallest absolute Gasteiger partial charge is 0.331 e. The molecule has 21 heavy (non-hydrogen) atoms. The fourth-order valence-electron chi connectivity index (χ4n) is 2.24. The number of alkyl halides is 3. The minimum atomic E-state index is -4.41. The van der Waals surface area contributed by atoms with Crippen LogP contribution in [0.5, 0.6) is 0 Å². The molecule has 118 valence electrons. The van der Waals surface area contributed by atoms with Gasteiger partial charge in [-0.15, -0.1) is 0 Å². The average Bonchev–Trinajstić information content (AvgIpc) is 3.03. The topological polar surface area (TPSA) is 38.1 Å². The summed E-state index contributed by atoms with van der Waals surface area (Å²) in [5.74, 6) is -0.330. The van der Waals surface area contributed by atoms with Crippen LogP contribution in [0, 0.1) is 0 Å². The zero-order valence-corrected chi connectivity index (χ0v) is 12.7. The Morgan fingerprint density at radius 1 is 1.38 bits per heavy atom. The van der Waals surface area contributed by atoms with Crippen molar-refractivity contribution in [2.75, 3.05) is 13.6 Å². The van der Waals surface area contributed by atoms with Gasteiger partial charge >= 0.3 is 6.18 Å².